The Kier molecular flexibility index (Phi) is 17.3. The Morgan fingerprint density at radius 2 is 1.38 bits per heavy atom. The molecule has 0 spiro atoms. The van der Waals surface area contributed by atoms with Crippen molar-refractivity contribution in [2.45, 2.75) is 89.2 Å². The molecule has 156 valence electrons. The van der Waals surface area contributed by atoms with Crippen molar-refractivity contribution in [3.8, 4) is 0 Å². The van der Waals surface area contributed by atoms with Crippen LogP contribution in [0.2, 0.25) is 0 Å². The van der Waals surface area contributed by atoms with Gasteiger partial charge in [0.1, 0.15) is 0 Å². The molecule has 2 atom stereocenters. The molecule has 0 aromatic rings. The first-order valence-electron chi connectivity index (χ1n) is 9.78. The van der Waals surface area contributed by atoms with E-state index in [9.17, 15) is 9.67 Å². The monoisotopic (exact) mass is 411 g/mol. The first-order valence-corrected chi connectivity index (χ1v) is 11.9. The van der Waals surface area contributed by atoms with Crippen molar-refractivity contribution in [1.82, 2.24) is 0 Å². The number of nitrogens with two attached hydrogens (primary N) is 1. The van der Waals surface area contributed by atoms with Crippen LogP contribution in [-0.2, 0) is 9.09 Å². The Balaban J connectivity index is 3.43. The van der Waals surface area contributed by atoms with Gasteiger partial charge in [-0.1, -0.05) is 69.9 Å². The van der Waals surface area contributed by atoms with Crippen LogP contribution in [0.5, 0.6) is 0 Å². The summed E-state index contributed by atoms with van der Waals surface area (Å²) < 4.78 is 14.9. The van der Waals surface area contributed by atoms with E-state index in [1.165, 1.54) is 64.2 Å². The Morgan fingerprint density at radius 3 is 1.85 bits per heavy atom. The highest BCUT2D eigenvalue weighted by atomic mass is 32.1. The van der Waals surface area contributed by atoms with Gasteiger partial charge in [0.05, 0.1) is 18.8 Å². The number of unbranched alkanes of at least 4 members (excludes halogenated alkanes) is 11. The number of hydrogen-bond donors (Lipinski definition) is 5. The van der Waals surface area contributed by atoms with Crippen LogP contribution >= 0.6 is 20.5 Å². The number of phosphoric ester groups is 1. The molecule has 5 N–H and O–H groups in total. The molecular formula is C18H38NO5PS. The molecule has 6 nitrogen and oxygen atoms in total. The molecule has 26 heavy (non-hydrogen) atoms. The van der Waals surface area contributed by atoms with E-state index in [1.807, 2.05) is 6.08 Å². The zero-order valence-electron chi connectivity index (χ0n) is 15.8. The van der Waals surface area contributed by atoms with Gasteiger partial charge in [-0.05, 0) is 25.0 Å². The summed E-state index contributed by atoms with van der Waals surface area (Å²) in [5.74, 6) is 1.01. The van der Waals surface area contributed by atoms with Crippen LogP contribution in [-0.4, -0.2) is 39.4 Å². The fourth-order valence-corrected chi connectivity index (χ4v) is 3.22. The lowest BCUT2D eigenvalue weighted by Crippen LogP contribution is -2.37. The number of thiol groups is 1. The number of hydrogen-bond acceptors (Lipinski definition) is 5. The van der Waals surface area contributed by atoms with Gasteiger partial charge in [0.2, 0.25) is 0 Å². The summed E-state index contributed by atoms with van der Waals surface area (Å²) in [4.78, 5) is 17.2. The Hall–Kier alpha value is 0.120. The fourth-order valence-electron chi connectivity index (χ4n) is 2.63. The summed E-state index contributed by atoms with van der Waals surface area (Å²) in [6, 6.07) is -0.850. The van der Waals surface area contributed by atoms with E-state index < -0.39 is 20.0 Å². The molecule has 8 heteroatoms. The molecule has 0 saturated heterocycles. The van der Waals surface area contributed by atoms with Gasteiger partial charge in [-0.2, -0.15) is 12.6 Å². The summed E-state index contributed by atoms with van der Waals surface area (Å²) in [5, 5.41) is 9.76. The van der Waals surface area contributed by atoms with Crippen LogP contribution < -0.4 is 5.73 Å². The molecule has 0 aromatic heterocycles. The standard InChI is InChI=1S/C18H38NO5PS/c19-17(16-24-25(21,22)23)18(20)14-12-10-8-6-4-2-1-3-5-7-9-11-13-15-26/h12,14,17-18,20,26H,1-11,13,15-16,19H2,(H2,21,22,23)/b14-12+/t17-,18+/m0/s1. The van der Waals surface area contributed by atoms with Crippen LogP contribution in [0.25, 0.3) is 0 Å². The van der Waals surface area contributed by atoms with Gasteiger partial charge in [0.25, 0.3) is 0 Å². The number of aliphatic hydroxyl groups is 1. The average Bonchev–Trinajstić information content (AvgIpc) is 2.59. The minimum Gasteiger partial charge on any atom is -0.387 e. The van der Waals surface area contributed by atoms with Crippen LogP contribution in [0.15, 0.2) is 12.2 Å². The average molecular weight is 412 g/mol. The summed E-state index contributed by atoms with van der Waals surface area (Å²) in [6.07, 6.45) is 17.4. The second-order valence-electron chi connectivity index (χ2n) is 6.77. The van der Waals surface area contributed by atoms with Crippen molar-refractivity contribution in [3.05, 3.63) is 12.2 Å². The smallest absolute Gasteiger partial charge is 0.387 e. The van der Waals surface area contributed by atoms with Gasteiger partial charge >= 0.3 is 7.82 Å². The van der Waals surface area contributed by atoms with Crippen LogP contribution in [0, 0.1) is 0 Å². The van der Waals surface area contributed by atoms with E-state index in [1.54, 1.807) is 6.08 Å². The predicted molar refractivity (Wildman–Crippen MR) is 110 cm³/mol. The Bertz CT molecular complexity index is 392. The van der Waals surface area contributed by atoms with Gasteiger partial charge in [-0.15, -0.1) is 0 Å². The summed E-state index contributed by atoms with van der Waals surface area (Å²) in [6.45, 7) is -0.384. The van der Waals surface area contributed by atoms with E-state index in [0.717, 1.165) is 18.6 Å². The zero-order chi connectivity index (χ0) is 19.7. The van der Waals surface area contributed by atoms with E-state index in [4.69, 9.17) is 15.5 Å². The van der Waals surface area contributed by atoms with Crippen molar-refractivity contribution in [2.75, 3.05) is 12.4 Å². The lowest BCUT2D eigenvalue weighted by atomic mass is 10.0. The van der Waals surface area contributed by atoms with Gasteiger partial charge in [-0.25, -0.2) is 4.57 Å². The molecule has 0 aliphatic carbocycles. The van der Waals surface area contributed by atoms with Crippen LogP contribution in [0.3, 0.4) is 0 Å². The topological polar surface area (TPSA) is 113 Å². The SMILES string of the molecule is N[C@@H](COP(=O)(O)O)[C@H](O)/C=C/CCCCCCCCCCCCCS. The van der Waals surface area contributed by atoms with E-state index in [0.29, 0.717) is 0 Å². The van der Waals surface area contributed by atoms with E-state index in [2.05, 4.69) is 17.2 Å². The van der Waals surface area contributed by atoms with Crippen LogP contribution in [0.1, 0.15) is 77.0 Å². The van der Waals surface area contributed by atoms with Gasteiger partial charge in [0.15, 0.2) is 0 Å². The summed E-state index contributed by atoms with van der Waals surface area (Å²) in [5.41, 5.74) is 5.61. The molecule has 0 saturated carbocycles. The molecule has 0 aliphatic rings. The quantitative estimate of drug-likeness (QED) is 0.101. The number of phosphoric acid groups is 1. The zero-order valence-corrected chi connectivity index (χ0v) is 17.6. The van der Waals surface area contributed by atoms with E-state index in [-0.39, 0.29) is 6.61 Å². The molecule has 0 fully saturated rings. The van der Waals surface area contributed by atoms with Crippen molar-refractivity contribution in [2.24, 2.45) is 5.73 Å². The number of allylic oxidation sites excluding steroid dienone is 1. The normalized spacial score (nSPS) is 14.8. The molecule has 0 aliphatic heterocycles. The van der Waals surface area contributed by atoms with Gasteiger partial charge in [-0.3, -0.25) is 4.52 Å². The molecular weight excluding hydrogens is 373 g/mol. The predicted octanol–water partition coefficient (Wildman–Crippen LogP) is 3.95. The molecule has 0 heterocycles. The Morgan fingerprint density at radius 1 is 0.923 bits per heavy atom. The number of rotatable bonds is 18. The second kappa shape index (κ2) is 17.2. The molecule has 0 amide bonds. The minimum absolute atomic E-state index is 0.384. The molecule has 0 radical (unpaired) electrons. The molecule has 0 bridgehead atoms. The van der Waals surface area contributed by atoms with Gasteiger partial charge in [0, 0.05) is 0 Å². The third-order valence-electron chi connectivity index (χ3n) is 4.24. The maximum atomic E-state index is 10.6. The molecule has 0 unspecified atom stereocenters. The number of aliphatic hydroxyl groups excluding tert-OH is 1. The fraction of sp³-hybridized carbons (Fsp3) is 0.889. The lowest BCUT2D eigenvalue weighted by Gasteiger charge is -2.15. The van der Waals surface area contributed by atoms with Crippen molar-refractivity contribution >= 4 is 20.5 Å². The molecule has 0 aromatic carbocycles. The first-order chi connectivity index (χ1) is 12.4. The maximum absolute atomic E-state index is 10.6. The third-order valence-corrected chi connectivity index (χ3v) is 5.04. The summed E-state index contributed by atoms with van der Waals surface area (Å²) in [7, 11) is -4.54. The highest BCUT2D eigenvalue weighted by Crippen LogP contribution is 2.35. The minimum atomic E-state index is -4.54. The van der Waals surface area contributed by atoms with Gasteiger partial charge < -0.3 is 20.6 Å². The van der Waals surface area contributed by atoms with Crippen LogP contribution in [0.4, 0.5) is 0 Å². The summed E-state index contributed by atoms with van der Waals surface area (Å²) >= 11 is 4.22. The highest BCUT2D eigenvalue weighted by Gasteiger charge is 2.19. The molecule has 0 rings (SSSR count). The van der Waals surface area contributed by atoms with Crippen molar-refractivity contribution in [1.29, 1.82) is 0 Å². The third kappa shape index (κ3) is 18.9. The highest BCUT2D eigenvalue weighted by molar-refractivity contribution is 7.80. The largest absolute Gasteiger partial charge is 0.469 e. The van der Waals surface area contributed by atoms with Crippen molar-refractivity contribution in [3.63, 3.8) is 0 Å². The lowest BCUT2D eigenvalue weighted by molar-refractivity contribution is 0.129. The first kappa shape index (κ1) is 26.1. The maximum Gasteiger partial charge on any atom is 0.469 e. The van der Waals surface area contributed by atoms with E-state index >= 15 is 0 Å². The Labute approximate surface area is 164 Å². The van der Waals surface area contributed by atoms with Crippen molar-refractivity contribution < 1.29 is 24.0 Å². The second-order valence-corrected chi connectivity index (χ2v) is 8.46.